The molecule has 2 unspecified atom stereocenters. The number of nitrogens with one attached hydrogen (secondary N) is 1. The van der Waals surface area contributed by atoms with Crippen molar-refractivity contribution in [2.24, 2.45) is 5.73 Å². The molecule has 0 saturated heterocycles. The predicted octanol–water partition coefficient (Wildman–Crippen LogP) is 2.30. The van der Waals surface area contributed by atoms with Gasteiger partial charge >= 0.3 is 6.18 Å². The van der Waals surface area contributed by atoms with E-state index in [0.717, 1.165) is 6.07 Å². The van der Waals surface area contributed by atoms with Crippen molar-refractivity contribution in [3.05, 3.63) is 33.8 Å². The molecule has 1 aromatic carbocycles. The maximum absolute atomic E-state index is 12.6. The smallest absolute Gasteiger partial charge is 0.348 e. The molecule has 0 aromatic heterocycles. The first kappa shape index (κ1) is 13.4. The van der Waals surface area contributed by atoms with Gasteiger partial charge in [0.15, 0.2) is 0 Å². The molecule has 0 bridgehead atoms. The molecule has 1 aliphatic carbocycles. The third kappa shape index (κ3) is 2.84. The number of carbonyl (C=O) groups excluding carboxylic acids is 1. The van der Waals surface area contributed by atoms with Gasteiger partial charge < -0.3 is 11.1 Å². The van der Waals surface area contributed by atoms with Crippen molar-refractivity contribution >= 4 is 21.8 Å². The van der Waals surface area contributed by atoms with E-state index in [0.29, 0.717) is 6.42 Å². The van der Waals surface area contributed by atoms with E-state index in [1.54, 1.807) is 0 Å². The second-order valence-corrected chi connectivity index (χ2v) is 5.03. The molecule has 1 amide bonds. The summed E-state index contributed by atoms with van der Waals surface area (Å²) < 4.78 is 37.9. The highest BCUT2D eigenvalue weighted by molar-refractivity contribution is 9.10. The van der Waals surface area contributed by atoms with Crippen LogP contribution in [0.25, 0.3) is 0 Å². The number of rotatable bonds is 2. The molecule has 2 atom stereocenters. The Morgan fingerprint density at radius 3 is 2.56 bits per heavy atom. The highest BCUT2D eigenvalue weighted by atomic mass is 79.9. The van der Waals surface area contributed by atoms with E-state index < -0.39 is 17.6 Å². The Morgan fingerprint density at radius 2 is 2.06 bits per heavy atom. The highest BCUT2D eigenvalue weighted by Gasteiger charge is 2.36. The molecule has 0 radical (unpaired) electrons. The average Bonchev–Trinajstić information content (AvgIpc) is 2.93. The van der Waals surface area contributed by atoms with Gasteiger partial charge in [0, 0.05) is 22.1 Å². The summed E-state index contributed by atoms with van der Waals surface area (Å²) in [5, 5.41) is 2.57. The van der Waals surface area contributed by atoms with Crippen LogP contribution in [-0.4, -0.2) is 18.0 Å². The number of nitrogens with two attached hydrogens (primary N) is 1. The third-order valence-electron chi connectivity index (χ3n) is 2.69. The molecule has 3 nitrogen and oxygen atoms in total. The molecular formula is C11H10BrF3N2O. The Labute approximate surface area is 110 Å². The standard InChI is InChI=1S/C11H10BrF3N2O/c12-7-2-1-5(3-6(7)11(13,14)15)10(18)17-9-4-8(9)16/h1-3,8-9H,4,16H2,(H,17,18). The van der Waals surface area contributed by atoms with E-state index in [1.165, 1.54) is 12.1 Å². The zero-order valence-corrected chi connectivity index (χ0v) is 10.7. The van der Waals surface area contributed by atoms with Gasteiger partial charge in [0.05, 0.1) is 5.56 Å². The van der Waals surface area contributed by atoms with Crippen molar-refractivity contribution in [2.75, 3.05) is 0 Å². The molecule has 2 rings (SSSR count). The van der Waals surface area contributed by atoms with Gasteiger partial charge in [-0.3, -0.25) is 4.79 Å². The lowest BCUT2D eigenvalue weighted by Crippen LogP contribution is -2.29. The summed E-state index contributed by atoms with van der Waals surface area (Å²) in [6, 6.07) is 3.16. The topological polar surface area (TPSA) is 55.1 Å². The lowest BCUT2D eigenvalue weighted by atomic mass is 10.1. The van der Waals surface area contributed by atoms with Crippen molar-refractivity contribution in [1.82, 2.24) is 5.32 Å². The Balaban J connectivity index is 2.21. The van der Waals surface area contributed by atoms with Crippen molar-refractivity contribution in [3.63, 3.8) is 0 Å². The van der Waals surface area contributed by atoms with Crippen LogP contribution in [0.15, 0.2) is 22.7 Å². The fourth-order valence-electron chi connectivity index (χ4n) is 1.52. The van der Waals surface area contributed by atoms with Gasteiger partial charge in [0.25, 0.3) is 5.91 Å². The van der Waals surface area contributed by atoms with Gasteiger partial charge in [0.1, 0.15) is 0 Å². The normalized spacial score (nSPS) is 22.7. The summed E-state index contributed by atoms with van der Waals surface area (Å²) in [4.78, 5) is 11.7. The molecule has 3 N–H and O–H groups in total. The molecule has 98 valence electrons. The zero-order chi connectivity index (χ0) is 13.5. The van der Waals surface area contributed by atoms with E-state index in [9.17, 15) is 18.0 Å². The van der Waals surface area contributed by atoms with Crippen LogP contribution in [0.2, 0.25) is 0 Å². The fourth-order valence-corrected chi connectivity index (χ4v) is 1.99. The van der Waals surface area contributed by atoms with Crippen LogP contribution in [0, 0.1) is 0 Å². The van der Waals surface area contributed by atoms with Crippen molar-refractivity contribution in [2.45, 2.75) is 24.7 Å². The van der Waals surface area contributed by atoms with Crippen LogP contribution in [0.3, 0.4) is 0 Å². The number of amides is 1. The Hall–Kier alpha value is -1.08. The van der Waals surface area contributed by atoms with Crippen LogP contribution in [0.4, 0.5) is 13.2 Å². The lowest BCUT2D eigenvalue weighted by Gasteiger charge is -2.11. The van der Waals surface area contributed by atoms with Gasteiger partial charge in [0.2, 0.25) is 0 Å². The molecule has 0 aliphatic heterocycles. The van der Waals surface area contributed by atoms with Gasteiger partial charge in [-0.2, -0.15) is 13.2 Å². The molecule has 0 heterocycles. The van der Waals surface area contributed by atoms with E-state index in [1.807, 2.05) is 0 Å². The second-order valence-electron chi connectivity index (χ2n) is 4.17. The van der Waals surface area contributed by atoms with Gasteiger partial charge in [-0.1, -0.05) is 15.9 Å². The summed E-state index contributed by atoms with van der Waals surface area (Å²) in [7, 11) is 0. The van der Waals surface area contributed by atoms with Crippen molar-refractivity contribution < 1.29 is 18.0 Å². The first-order chi connectivity index (χ1) is 8.29. The summed E-state index contributed by atoms with van der Waals surface area (Å²) >= 11 is 2.82. The number of alkyl halides is 3. The van der Waals surface area contributed by atoms with Crippen LogP contribution in [-0.2, 0) is 6.18 Å². The third-order valence-corrected chi connectivity index (χ3v) is 3.38. The number of carbonyl (C=O) groups is 1. The quantitative estimate of drug-likeness (QED) is 0.877. The van der Waals surface area contributed by atoms with Crippen LogP contribution >= 0.6 is 15.9 Å². The summed E-state index contributed by atoms with van der Waals surface area (Å²) in [5.41, 5.74) is 4.62. The largest absolute Gasteiger partial charge is 0.417 e. The molecule has 7 heteroatoms. The second kappa shape index (κ2) is 4.55. The molecule has 1 saturated carbocycles. The minimum Gasteiger partial charge on any atom is -0.348 e. The van der Waals surface area contributed by atoms with Crippen LogP contribution in [0.5, 0.6) is 0 Å². The molecular weight excluding hydrogens is 313 g/mol. The Morgan fingerprint density at radius 1 is 1.44 bits per heavy atom. The fraction of sp³-hybridized carbons (Fsp3) is 0.364. The Bertz CT molecular complexity index is 490. The molecule has 1 aromatic rings. The highest BCUT2D eigenvalue weighted by Crippen LogP contribution is 2.35. The van der Waals surface area contributed by atoms with E-state index in [2.05, 4.69) is 21.2 Å². The summed E-state index contributed by atoms with van der Waals surface area (Å²) in [6.45, 7) is 0. The van der Waals surface area contributed by atoms with Crippen molar-refractivity contribution in [1.29, 1.82) is 0 Å². The van der Waals surface area contributed by atoms with Gasteiger partial charge in [-0.25, -0.2) is 0 Å². The van der Waals surface area contributed by atoms with Gasteiger partial charge in [-0.05, 0) is 24.6 Å². The minimum atomic E-state index is -4.49. The Kier molecular flexibility index (Phi) is 3.37. The summed E-state index contributed by atoms with van der Waals surface area (Å²) in [6.07, 6.45) is -3.83. The average molecular weight is 323 g/mol. The first-order valence-corrected chi connectivity index (χ1v) is 6.01. The molecule has 0 spiro atoms. The lowest BCUT2D eigenvalue weighted by molar-refractivity contribution is -0.138. The molecule has 1 fully saturated rings. The first-order valence-electron chi connectivity index (χ1n) is 5.22. The maximum atomic E-state index is 12.6. The molecule has 18 heavy (non-hydrogen) atoms. The van der Waals surface area contributed by atoms with Crippen molar-refractivity contribution in [3.8, 4) is 0 Å². The monoisotopic (exact) mass is 322 g/mol. The number of hydrogen-bond donors (Lipinski definition) is 2. The molecule has 1 aliphatic rings. The van der Waals surface area contributed by atoms with E-state index >= 15 is 0 Å². The number of hydrogen-bond acceptors (Lipinski definition) is 2. The predicted molar refractivity (Wildman–Crippen MR) is 63.0 cm³/mol. The van der Waals surface area contributed by atoms with Crippen LogP contribution in [0.1, 0.15) is 22.3 Å². The van der Waals surface area contributed by atoms with Crippen LogP contribution < -0.4 is 11.1 Å². The van der Waals surface area contributed by atoms with Gasteiger partial charge in [-0.15, -0.1) is 0 Å². The number of halogens is 4. The summed E-state index contributed by atoms with van der Waals surface area (Å²) in [5.74, 6) is -0.536. The van der Waals surface area contributed by atoms with E-state index in [-0.39, 0.29) is 22.1 Å². The number of benzene rings is 1. The minimum absolute atomic E-state index is 0.0235. The zero-order valence-electron chi connectivity index (χ0n) is 9.09. The maximum Gasteiger partial charge on any atom is 0.417 e. The SMILES string of the molecule is NC1CC1NC(=O)c1ccc(Br)c(C(F)(F)F)c1. The van der Waals surface area contributed by atoms with E-state index in [4.69, 9.17) is 5.73 Å².